The fraction of sp³-hybridized carbons (Fsp3) is 0.118. The number of Topliss-reactive ketones (excluding diaryl/α,β-unsaturated/α-hetero) is 1. The summed E-state index contributed by atoms with van der Waals surface area (Å²) in [6.45, 7) is 0. The van der Waals surface area contributed by atoms with Crippen molar-refractivity contribution in [2.75, 3.05) is 7.05 Å². The van der Waals surface area contributed by atoms with E-state index in [-0.39, 0.29) is 5.56 Å². The van der Waals surface area contributed by atoms with Crippen LogP contribution in [0.4, 0.5) is 8.78 Å². The van der Waals surface area contributed by atoms with E-state index >= 15 is 0 Å². The fourth-order valence-corrected chi connectivity index (χ4v) is 2.07. The van der Waals surface area contributed by atoms with E-state index in [1.807, 2.05) is 0 Å². The van der Waals surface area contributed by atoms with Gasteiger partial charge in [-0.25, -0.2) is 8.78 Å². The highest BCUT2D eigenvalue weighted by atomic mass is 19.1. The summed E-state index contributed by atoms with van der Waals surface area (Å²) >= 11 is 0. The molecule has 0 aromatic heterocycles. The number of hydrogen-bond acceptors (Lipinski definition) is 3. The molecule has 0 heterocycles. The largest absolute Gasteiger partial charge is 0.358 e. The van der Waals surface area contributed by atoms with Gasteiger partial charge < -0.3 is 5.32 Å². The number of nitrogens with zero attached hydrogens (tertiary/aromatic N) is 1. The van der Waals surface area contributed by atoms with Gasteiger partial charge in [0.2, 0.25) is 5.91 Å². The standard InChI is InChI=1S/C17H12F2N2O2/c1-21-17(23)14(9-20)16(22)13-7-4-11(8-15(13)19)10-2-5-12(18)6-3-10/h2-8,14H,1H3,(H,21,23)/t14-/m1/s1. The molecule has 0 radical (unpaired) electrons. The Hall–Kier alpha value is -3.07. The van der Waals surface area contributed by atoms with Gasteiger partial charge in [-0.05, 0) is 35.4 Å². The van der Waals surface area contributed by atoms with E-state index in [1.165, 1.54) is 43.4 Å². The SMILES string of the molecule is CNC(=O)[C@H](C#N)C(=O)c1ccc(-c2ccc(F)cc2)cc1F. The van der Waals surface area contributed by atoms with E-state index in [1.54, 1.807) is 6.07 Å². The van der Waals surface area contributed by atoms with Crippen LogP contribution in [0, 0.1) is 28.9 Å². The molecule has 2 aromatic rings. The number of carbonyl (C=O) groups is 2. The van der Waals surface area contributed by atoms with Gasteiger partial charge in [0.1, 0.15) is 11.6 Å². The smallest absolute Gasteiger partial charge is 0.245 e. The second kappa shape index (κ2) is 6.79. The number of ketones is 1. The first-order chi connectivity index (χ1) is 11.0. The maximum absolute atomic E-state index is 14.2. The molecule has 1 N–H and O–H groups in total. The molecule has 23 heavy (non-hydrogen) atoms. The average molecular weight is 314 g/mol. The van der Waals surface area contributed by atoms with Gasteiger partial charge in [-0.1, -0.05) is 18.2 Å². The summed E-state index contributed by atoms with van der Waals surface area (Å²) in [5.74, 6) is -4.56. The second-order valence-corrected chi connectivity index (χ2v) is 4.74. The molecule has 0 unspecified atom stereocenters. The van der Waals surface area contributed by atoms with E-state index in [9.17, 15) is 18.4 Å². The number of benzene rings is 2. The molecule has 0 aliphatic rings. The monoisotopic (exact) mass is 314 g/mol. The molecule has 116 valence electrons. The number of nitrogens with one attached hydrogen (secondary N) is 1. The molecule has 0 aliphatic heterocycles. The molecule has 6 heteroatoms. The lowest BCUT2D eigenvalue weighted by Crippen LogP contribution is -2.32. The highest BCUT2D eigenvalue weighted by molar-refractivity contribution is 6.12. The third kappa shape index (κ3) is 3.40. The van der Waals surface area contributed by atoms with Gasteiger partial charge in [-0.2, -0.15) is 5.26 Å². The zero-order valence-corrected chi connectivity index (χ0v) is 12.1. The van der Waals surface area contributed by atoms with Crippen LogP contribution in [0.1, 0.15) is 10.4 Å². The Morgan fingerprint density at radius 1 is 1.09 bits per heavy atom. The Kier molecular flexibility index (Phi) is 4.82. The number of amides is 1. The lowest BCUT2D eigenvalue weighted by atomic mass is 9.95. The highest BCUT2D eigenvalue weighted by Crippen LogP contribution is 2.23. The van der Waals surface area contributed by atoms with E-state index in [2.05, 4.69) is 5.32 Å². The van der Waals surface area contributed by atoms with Gasteiger partial charge in [-0.3, -0.25) is 9.59 Å². The summed E-state index contributed by atoms with van der Waals surface area (Å²) in [6.07, 6.45) is 0. The number of carbonyl (C=O) groups excluding carboxylic acids is 2. The molecular formula is C17H12F2N2O2. The van der Waals surface area contributed by atoms with Crippen LogP contribution in [0.3, 0.4) is 0 Å². The predicted molar refractivity (Wildman–Crippen MR) is 79.3 cm³/mol. The van der Waals surface area contributed by atoms with Gasteiger partial charge in [0.15, 0.2) is 11.7 Å². The maximum atomic E-state index is 14.2. The number of hydrogen-bond donors (Lipinski definition) is 1. The number of halogens is 2. The number of rotatable bonds is 4. The Labute approximate surface area is 131 Å². The summed E-state index contributed by atoms with van der Waals surface area (Å²) in [4.78, 5) is 23.6. The minimum atomic E-state index is -1.61. The molecule has 0 spiro atoms. The lowest BCUT2D eigenvalue weighted by molar-refractivity contribution is -0.121. The maximum Gasteiger partial charge on any atom is 0.245 e. The van der Waals surface area contributed by atoms with Gasteiger partial charge in [0.25, 0.3) is 0 Å². The van der Waals surface area contributed by atoms with Crippen molar-refractivity contribution >= 4 is 11.7 Å². The molecular weight excluding hydrogens is 302 g/mol. The molecule has 0 aliphatic carbocycles. The first kappa shape index (κ1) is 16.3. The van der Waals surface area contributed by atoms with Crippen LogP contribution in [-0.4, -0.2) is 18.7 Å². The Morgan fingerprint density at radius 3 is 2.22 bits per heavy atom. The van der Waals surface area contributed by atoms with E-state index in [4.69, 9.17) is 5.26 Å². The highest BCUT2D eigenvalue weighted by Gasteiger charge is 2.28. The molecule has 0 saturated heterocycles. The molecule has 2 aromatic carbocycles. The lowest BCUT2D eigenvalue weighted by Gasteiger charge is -2.09. The quantitative estimate of drug-likeness (QED) is 0.697. The van der Waals surface area contributed by atoms with Gasteiger partial charge in [-0.15, -0.1) is 0 Å². The van der Waals surface area contributed by atoms with Gasteiger partial charge in [0.05, 0.1) is 11.6 Å². The van der Waals surface area contributed by atoms with E-state index in [0.717, 1.165) is 6.07 Å². The molecule has 0 fully saturated rings. The van der Waals surface area contributed by atoms with Gasteiger partial charge >= 0.3 is 0 Å². The van der Waals surface area contributed by atoms with Crippen LogP contribution in [0.25, 0.3) is 11.1 Å². The topological polar surface area (TPSA) is 70.0 Å². The molecule has 1 atom stereocenters. The third-order valence-electron chi connectivity index (χ3n) is 3.31. The first-order valence-electron chi connectivity index (χ1n) is 6.69. The third-order valence-corrected chi connectivity index (χ3v) is 3.31. The first-order valence-corrected chi connectivity index (χ1v) is 6.69. The van der Waals surface area contributed by atoms with E-state index < -0.39 is 29.2 Å². The van der Waals surface area contributed by atoms with Gasteiger partial charge in [0, 0.05) is 7.05 Å². The van der Waals surface area contributed by atoms with Crippen molar-refractivity contribution < 1.29 is 18.4 Å². The van der Waals surface area contributed by atoms with E-state index in [0.29, 0.717) is 11.1 Å². The minimum absolute atomic E-state index is 0.342. The van der Waals surface area contributed by atoms with Crippen molar-refractivity contribution in [2.45, 2.75) is 0 Å². The summed E-state index contributed by atoms with van der Waals surface area (Å²) in [5.41, 5.74) is 0.686. The summed E-state index contributed by atoms with van der Waals surface area (Å²) < 4.78 is 27.1. The molecule has 0 bridgehead atoms. The van der Waals surface area contributed by atoms with Crippen LogP contribution in [0.2, 0.25) is 0 Å². The minimum Gasteiger partial charge on any atom is -0.358 e. The van der Waals surface area contributed by atoms with Crippen LogP contribution in [-0.2, 0) is 4.79 Å². The Balaban J connectivity index is 2.36. The van der Waals surface area contributed by atoms with Crippen molar-refractivity contribution in [1.82, 2.24) is 5.32 Å². The van der Waals surface area contributed by atoms with Crippen LogP contribution < -0.4 is 5.32 Å². The van der Waals surface area contributed by atoms with Crippen molar-refractivity contribution in [1.29, 1.82) is 5.26 Å². The Bertz CT molecular complexity index is 795. The van der Waals surface area contributed by atoms with Crippen molar-refractivity contribution in [2.24, 2.45) is 5.92 Å². The van der Waals surface area contributed by atoms with Crippen molar-refractivity contribution in [3.8, 4) is 17.2 Å². The molecule has 0 saturated carbocycles. The summed E-state index contributed by atoms with van der Waals surface area (Å²) in [6, 6.07) is 10.8. The molecule has 2 rings (SSSR count). The van der Waals surface area contributed by atoms with Crippen molar-refractivity contribution in [3.05, 3.63) is 59.7 Å². The van der Waals surface area contributed by atoms with Crippen molar-refractivity contribution in [3.63, 3.8) is 0 Å². The summed E-state index contributed by atoms with van der Waals surface area (Å²) in [5, 5.41) is 11.1. The average Bonchev–Trinajstić information content (AvgIpc) is 2.55. The summed E-state index contributed by atoms with van der Waals surface area (Å²) in [7, 11) is 1.29. The molecule has 4 nitrogen and oxygen atoms in total. The van der Waals surface area contributed by atoms with Crippen LogP contribution in [0.5, 0.6) is 0 Å². The predicted octanol–water partition coefficient (Wildman–Crippen LogP) is 2.70. The van der Waals surface area contributed by atoms with Crippen LogP contribution >= 0.6 is 0 Å². The number of nitriles is 1. The second-order valence-electron chi connectivity index (χ2n) is 4.74. The fourth-order valence-electron chi connectivity index (χ4n) is 2.07. The zero-order chi connectivity index (χ0) is 17.0. The zero-order valence-electron chi connectivity index (χ0n) is 12.1. The molecule has 1 amide bonds. The Morgan fingerprint density at radius 2 is 1.70 bits per heavy atom. The normalized spacial score (nSPS) is 11.4. The van der Waals surface area contributed by atoms with Crippen LogP contribution in [0.15, 0.2) is 42.5 Å².